The SMILES string of the molecule is [C-]#[N+]c1ccc(OC2C(C)(C)C(NC(=O)c3ccc(C(=O)NCCCCCCCCCN)cc3)C2(C)C)cc1Cl. The Kier molecular flexibility index (Phi) is 11.0. The number of hydrogen-bond acceptors (Lipinski definition) is 4. The Morgan fingerprint density at radius 3 is 2.00 bits per heavy atom. The molecule has 4 N–H and O–H groups in total. The highest BCUT2D eigenvalue weighted by molar-refractivity contribution is 6.33. The van der Waals surface area contributed by atoms with Gasteiger partial charge < -0.3 is 21.1 Å². The van der Waals surface area contributed by atoms with Crippen molar-refractivity contribution < 1.29 is 14.3 Å². The fraction of sp³-hybridized carbons (Fsp3) is 0.531. The van der Waals surface area contributed by atoms with Crippen molar-refractivity contribution in [2.45, 2.75) is 84.8 Å². The summed E-state index contributed by atoms with van der Waals surface area (Å²) in [6, 6.07) is 11.7. The first kappa shape index (κ1) is 31.4. The summed E-state index contributed by atoms with van der Waals surface area (Å²) in [6.45, 7) is 16.9. The molecule has 0 atom stereocenters. The summed E-state index contributed by atoms with van der Waals surface area (Å²) in [5, 5.41) is 6.51. The summed E-state index contributed by atoms with van der Waals surface area (Å²) in [7, 11) is 0. The Bertz CT molecular complexity index is 1190. The van der Waals surface area contributed by atoms with E-state index in [2.05, 4.69) is 43.2 Å². The number of amides is 2. The number of rotatable bonds is 14. The molecule has 0 bridgehead atoms. The van der Waals surface area contributed by atoms with E-state index in [0.717, 1.165) is 25.8 Å². The molecule has 2 aromatic rings. The van der Waals surface area contributed by atoms with E-state index in [1.807, 2.05) is 0 Å². The number of ether oxygens (including phenoxy) is 1. The minimum Gasteiger partial charge on any atom is -0.489 e. The van der Waals surface area contributed by atoms with Crippen molar-refractivity contribution in [2.24, 2.45) is 16.6 Å². The van der Waals surface area contributed by atoms with Crippen LogP contribution >= 0.6 is 11.6 Å². The molecule has 0 heterocycles. The van der Waals surface area contributed by atoms with E-state index in [-0.39, 0.29) is 34.8 Å². The molecule has 0 spiro atoms. The zero-order valence-corrected chi connectivity index (χ0v) is 24.9. The molecule has 2 amide bonds. The molecule has 0 aliphatic heterocycles. The zero-order chi connectivity index (χ0) is 29.3. The maximum absolute atomic E-state index is 13.1. The van der Waals surface area contributed by atoms with E-state index in [9.17, 15) is 9.59 Å². The quantitative estimate of drug-likeness (QED) is 0.171. The topological polar surface area (TPSA) is 97.8 Å². The maximum Gasteiger partial charge on any atom is 0.251 e. The summed E-state index contributed by atoms with van der Waals surface area (Å²) < 4.78 is 6.31. The number of unbranched alkanes of at least 4 members (excludes halogenated alkanes) is 6. The Morgan fingerprint density at radius 2 is 1.45 bits per heavy atom. The molecule has 0 radical (unpaired) electrons. The molecule has 1 saturated carbocycles. The highest BCUT2D eigenvalue weighted by Gasteiger charge is 2.64. The fourth-order valence-corrected chi connectivity index (χ4v) is 6.24. The van der Waals surface area contributed by atoms with Crippen molar-refractivity contribution in [1.82, 2.24) is 10.6 Å². The van der Waals surface area contributed by atoms with E-state index in [4.69, 9.17) is 28.6 Å². The van der Waals surface area contributed by atoms with Gasteiger partial charge >= 0.3 is 0 Å². The van der Waals surface area contributed by atoms with Crippen LogP contribution in [0.4, 0.5) is 5.69 Å². The van der Waals surface area contributed by atoms with E-state index in [0.29, 0.717) is 34.1 Å². The molecular formula is C32H43ClN4O3. The number of nitrogens with one attached hydrogen (secondary N) is 2. The van der Waals surface area contributed by atoms with Crippen molar-refractivity contribution in [2.75, 3.05) is 13.1 Å². The average molecular weight is 567 g/mol. The van der Waals surface area contributed by atoms with Gasteiger partial charge in [0.25, 0.3) is 11.8 Å². The predicted octanol–water partition coefficient (Wildman–Crippen LogP) is 6.92. The normalized spacial score (nSPS) is 18.7. The molecule has 40 heavy (non-hydrogen) atoms. The van der Waals surface area contributed by atoms with Gasteiger partial charge in [-0.15, -0.1) is 0 Å². The molecule has 1 fully saturated rings. The number of nitrogens with two attached hydrogens (primary N) is 1. The van der Waals surface area contributed by atoms with Crippen LogP contribution in [-0.2, 0) is 0 Å². The van der Waals surface area contributed by atoms with Gasteiger partial charge in [-0.2, -0.15) is 0 Å². The van der Waals surface area contributed by atoms with Gasteiger partial charge in [0.15, 0.2) is 0 Å². The number of halogens is 1. The van der Waals surface area contributed by atoms with Gasteiger partial charge in [0, 0.05) is 34.5 Å². The highest BCUT2D eigenvalue weighted by Crippen LogP contribution is 2.55. The third-order valence-corrected chi connectivity index (χ3v) is 8.29. The monoisotopic (exact) mass is 566 g/mol. The average Bonchev–Trinajstić information content (AvgIpc) is 2.93. The third kappa shape index (κ3) is 7.56. The van der Waals surface area contributed by atoms with Crippen molar-refractivity contribution in [3.05, 3.63) is 70.0 Å². The van der Waals surface area contributed by atoms with Gasteiger partial charge in [-0.1, -0.05) is 77.5 Å². The van der Waals surface area contributed by atoms with E-state index >= 15 is 0 Å². The van der Waals surface area contributed by atoms with Crippen molar-refractivity contribution in [3.8, 4) is 5.75 Å². The lowest BCUT2D eigenvalue weighted by Gasteiger charge is -2.63. The van der Waals surface area contributed by atoms with Gasteiger partial charge in [0.05, 0.1) is 11.6 Å². The van der Waals surface area contributed by atoms with Crippen LogP contribution in [0.5, 0.6) is 5.75 Å². The summed E-state index contributed by atoms with van der Waals surface area (Å²) in [4.78, 5) is 29.0. The van der Waals surface area contributed by atoms with Crippen LogP contribution in [0.3, 0.4) is 0 Å². The second kappa shape index (κ2) is 14.0. The first-order valence-corrected chi connectivity index (χ1v) is 14.6. The first-order valence-electron chi connectivity index (χ1n) is 14.2. The predicted molar refractivity (Wildman–Crippen MR) is 161 cm³/mol. The second-order valence-electron chi connectivity index (χ2n) is 11.9. The Morgan fingerprint density at radius 1 is 0.900 bits per heavy atom. The lowest BCUT2D eigenvalue weighted by atomic mass is 9.49. The number of hydrogen-bond donors (Lipinski definition) is 3. The summed E-state index contributed by atoms with van der Waals surface area (Å²) in [5.74, 6) is 0.286. The molecule has 216 valence electrons. The smallest absolute Gasteiger partial charge is 0.251 e. The van der Waals surface area contributed by atoms with Crippen molar-refractivity contribution in [1.29, 1.82) is 0 Å². The number of carbonyl (C=O) groups is 2. The lowest BCUT2D eigenvalue weighted by Crippen LogP contribution is -2.74. The Balaban J connectivity index is 1.49. The van der Waals surface area contributed by atoms with Crippen LogP contribution in [0.25, 0.3) is 4.85 Å². The van der Waals surface area contributed by atoms with Crippen LogP contribution in [0.1, 0.15) is 93.4 Å². The highest BCUT2D eigenvalue weighted by atomic mass is 35.5. The fourth-order valence-electron chi connectivity index (χ4n) is 6.03. The van der Waals surface area contributed by atoms with E-state index in [1.165, 1.54) is 25.7 Å². The maximum atomic E-state index is 13.1. The molecule has 1 aliphatic rings. The van der Waals surface area contributed by atoms with E-state index in [1.54, 1.807) is 42.5 Å². The molecule has 2 aromatic carbocycles. The Labute approximate surface area is 244 Å². The van der Waals surface area contributed by atoms with E-state index < -0.39 is 0 Å². The van der Waals surface area contributed by atoms with Crippen LogP contribution in [-0.4, -0.2) is 37.0 Å². The molecule has 0 unspecified atom stereocenters. The van der Waals surface area contributed by atoms with Gasteiger partial charge in [0.1, 0.15) is 11.9 Å². The molecule has 7 nitrogen and oxygen atoms in total. The van der Waals surface area contributed by atoms with Crippen LogP contribution < -0.4 is 21.1 Å². The third-order valence-electron chi connectivity index (χ3n) is 7.98. The zero-order valence-electron chi connectivity index (χ0n) is 24.2. The van der Waals surface area contributed by atoms with Gasteiger partial charge in [-0.25, -0.2) is 4.85 Å². The molecule has 0 saturated heterocycles. The van der Waals surface area contributed by atoms with Gasteiger partial charge in [-0.05, 0) is 55.8 Å². The van der Waals surface area contributed by atoms with Crippen LogP contribution in [0, 0.1) is 17.4 Å². The van der Waals surface area contributed by atoms with Gasteiger partial charge in [0.2, 0.25) is 5.69 Å². The molecule has 0 aromatic heterocycles. The lowest BCUT2D eigenvalue weighted by molar-refractivity contribution is -0.164. The summed E-state index contributed by atoms with van der Waals surface area (Å²) in [6.07, 6.45) is 7.79. The summed E-state index contributed by atoms with van der Waals surface area (Å²) >= 11 is 6.19. The van der Waals surface area contributed by atoms with Crippen molar-refractivity contribution >= 4 is 29.1 Å². The van der Waals surface area contributed by atoms with Crippen LogP contribution in [0.2, 0.25) is 5.02 Å². The molecule has 8 heteroatoms. The second-order valence-corrected chi connectivity index (χ2v) is 12.3. The molecule has 3 rings (SSSR count). The number of nitrogens with zero attached hydrogens (tertiary/aromatic N) is 1. The number of carbonyl (C=O) groups excluding carboxylic acids is 2. The Hall–Kier alpha value is -3.08. The first-order chi connectivity index (χ1) is 19.0. The minimum absolute atomic E-state index is 0.124. The molecular weight excluding hydrogens is 524 g/mol. The standard InChI is InChI=1S/C32H43ClN4O3/c1-31(2)29(32(3,4)30(31)40-24-17-18-26(35-5)25(33)21-24)37-28(39)23-15-13-22(14-16-23)27(38)36-20-12-10-8-6-7-9-11-19-34/h13-18,21,29-30H,6-12,19-20,34H2,1-4H3,(H,36,38)(H,37,39). The number of benzene rings is 2. The summed E-state index contributed by atoms with van der Waals surface area (Å²) in [5.41, 5.74) is 6.24. The van der Waals surface area contributed by atoms with Crippen molar-refractivity contribution in [3.63, 3.8) is 0 Å². The largest absolute Gasteiger partial charge is 0.489 e. The minimum atomic E-state index is -0.353. The molecule has 1 aliphatic carbocycles. The van der Waals surface area contributed by atoms with Gasteiger partial charge in [-0.3, -0.25) is 9.59 Å². The van der Waals surface area contributed by atoms with Crippen LogP contribution in [0.15, 0.2) is 42.5 Å².